The Morgan fingerprint density at radius 3 is 2.57 bits per heavy atom. The van der Waals surface area contributed by atoms with Gasteiger partial charge in [-0.05, 0) is 24.3 Å². The summed E-state index contributed by atoms with van der Waals surface area (Å²) in [4.78, 5) is 22.8. The van der Waals surface area contributed by atoms with Crippen LogP contribution in [-0.2, 0) is 10.0 Å². The van der Waals surface area contributed by atoms with Crippen LogP contribution in [0.4, 0.5) is 5.69 Å². The fourth-order valence-corrected chi connectivity index (χ4v) is 2.30. The Labute approximate surface area is 120 Å². The van der Waals surface area contributed by atoms with Gasteiger partial charge in [0.15, 0.2) is 0 Å². The van der Waals surface area contributed by atoms with Gasteiger partial charge in [-0.25, -0.2) is 13.2 Å². The number of hydrogen-bond donors (Lipinski definition) is 2. The van der Waals surface area contributed by atoms with Gasteiger partial charge in [-0.15, -0.1) is 0 Å². The van der Waals surface area contributed by atoms with Gasteiger partial charge >= 0.3 is 5.97 Å². The fourth-order valence-electron chi connectivity index (χ4n) is 1.75. The molecule has 7 nitrogen and oxygen atoms in total. The van der Waals surface area contributed by atoms with Crippen LogP contribution in [0.2, 0.25) is 0 Å². The van der Waals surface area contributed by atoms with Crippen LogP contribution in [0.3, 0.4) is 0 Å². The third kappa shape index (κ3) is 3.69. The Kier molecular flexibility index (Phi) is 3.81. The lowest BCUT2D eigenvalue weighted by Gasteiger charge is -2.09. The van der Waals surface area contributed by atoms with E-state index in [1.165, 1.54) is 24.4 Å². The zero-order valence-corrected chi connectivity index (χ0v) is 11.8. The van der Waals surface area contributed by atoms with Gasteiger partial charge in [0.1, 0.15) is 0 Å². The average molecular weight is 308 g/mol. The molecule has 1 aromatic heterocycles. The largest absolute Gasteiger partial charge is 0.478 e. The highest BCUT2D eigenvalue weighted by molar-refractivity contribution is 7.92. The number of aromatic carboxylic acids is 1. The summed E-state index contributed by atoms with van der Waals surface area (Å²) in [6.45, 7) is 0. The first-order valence-electron chi connectivity index (χ1n) is 5.80. The molecule has 0 saturated carbocycles. The molecular weight excluding hydrogens is 296 g/mol. The van der Waals surface area contributed by atoms with E-state index >= 15 is 0 Å². The second kappa shape index (κ2) is 5.41. The molecule has 0 aliphatic rings. The Morgan fingerprint density at radius 1 is 1.24 bits per heavy atom. The van der Waals surface area contributed by atoms with E-state index in [9.17, 15) is 18.0 Å². The summed E-state index contributed by atoms with van der Waals surface area (Å²) in [6, 6.07) is 8.44. The Morgan fingerprint density at radius 2 is 1.95 bits per heavy atom. The lowest BCUT2D eigenvalue weighted by atomic mass is 10.2. The molecule has 0 spiro atoms. The molecule has 0 atom stereocenters. The topological polar surface area (TPSA) is 105 Å². The first kappa shape index (κ1) is 14.8. The number of benzene rings is 1. The number of rotatable bonds is 4. The Bertz CT molecular complexity index is 855. The van der Waals surface area contributed by atoms with Crippen LogP contribution in [0.1, 0.15) is 10.4 Å². The van der Waals surface area contributed by atoms with Crippen molar-refractivity contribution in [2.75, 3.05) is 11.0 Å². The van der Waals surface area contributed by atoms with Crippen LogP contribution in [-0.4, -0.2) is 30.3 Å². The highest BCUT2D eigenvalue weighted by Gasteiger charge is 2.08. The monoisotopic (exact) mass is 308 g/mol. The Balaban J connectivity index is 2.52. The highest BCUT2D eigenvalue weighted by Crippen LogP contribution is 2.15. The smallest absolute Gasteiger partial charge is 0.337 e. The van der Waals surface area contributed by atoms with Gasteiger partial charge in [0, 0.05) is 12.3 Å². The van der Waals surface area contributed by atoms with Crippen molar-refractivity contribution in [2.45, 2.75) is 0 Å². The molecule has 0 bridgehead atoms. The summed E-state index contributed by atoms with van der Waals surface area (Å²) in [5.74, 6) is -1.16. The summed E-state index contributed by atoms with van der Waals surface area (Å²) in [6.07, 6.45) is 2.20. The van der Waals surface area contributed by atoms with Gasteiger partial charge in [-0.2, -0.15) is 0 Å². The van der Waals surface area contributed by atoms with Crippen molar-refractivity contribution < 1.29 is 18.3 Å². The van der Waals surface area contributed by atoms with Crippen LogP contribution < -0.4 is 10.3 Å². The Hall–Kier alpha value is -2.61. The molecule has 2 rings (SSSR count). The summed E-state index contributed by atoms with van der Waals surface area (Å²) in [5, 5.41) is 8.95. The van der Waals surface area contributed by atoms with Crippen molar-refractivity contribution in [3.05, 3.63) is 58.5 Å². The quantitative estimate of drug-likeness (QED) is 0.873. The number of carboxylic acid groups (broad SMARTS) is 1. The van der Waals surface area contributed by atoms with Crippen molar-refractivity contribution in [2.24, 2.45) is 0 Å². The number of nitrogens with zero attached hydrogens (tertiary/aromatic N) is 1. The first-order valence-corrected chi connectivity index (χ1v) is 7.70. The predicted octanol–water partition coefficient (Wildman–Crippen LogP) is 0.907. The van der Waals surface area contributed by atoms with E-state index in [4.69, 9.17) is 5.11 Å². The van der Waals surface area contributed by atoms with Gasteiger partial charge < -0.3 is 5.11 Å². The van der Waals surface area contributed by atoms with Crippen molar-refractivity contribution in [1.29, 1.82) is 0 Å². The van der Waals surface area contributed by atoms with Crippen molar-refractivity contribution in [1.82, 2.24) is 4.57 Å². The van der Waals surface area contributed by atoms with Gasteiger partial charge in [0.25, 0.3) is 5.56 Å². The number of sulfonamides is 1. The van der Waals surface area contributed by atoms with Gasteiger partial charge in [0.2, 0.25) is 10.0 Å². The van der Waals surface area contributed by atoms with Crippen molar-refractivity contribution in [3.8, 4) is 5.69 Å². The number of hydrogen-bond acceptors (Lipinski definition) is 4. The van der Waals surface area contributed by atoms with E-state index in [0.29, 0.717) is 5.69 Å². The van der Waals surface area contributed by atoms with E-state index in [1.807, 2.05) is 0 Å². The molecule has 0 saturated heterocycles. The zero-order valence-electron chi connectivity index (χ0n) is 11.0. The second-order valence-corrected chi connectivity index (χ2v) is 6.10. The van der Waals surface area contributed by atoms with E-state index < -0.39 is 21.6 Å². The third-order valence-corrected chi connectivity index (χ3v) is 3.19. The number of aromatic nitrogens is 1. The normalized spacial score (nSPS) is 11.1. The molecule has 0 aliphatic carbocycles. The van der Waals surface area contributed by atoms with Crippen LogP contribution in [0.25, 0.3) is 5.69 Å². The van der Waals surface area contributed by atoms with Gasteiger partial charge in [0.05, 0.1) is 23.2 Å². The van der Waals surface area contributed by atoms with Crippen LogP contribution in [0.15, 0.2) is 47.4 Å². The van der Waals surface area contributed by atoms with Crippen molar-refractivity contribution in [3.63, 3.8) is 0 Å². The molecule has 0 fully saturated rings. The summed E-state index contributed by atoms with van der Waals surface area (Å²) in [7, 11) is -3.44. The van der Waals surface area contributed by atoms with E-state index in [2.05, 4.69) is 4.72 Å². The molecule has 2 aromatic rings. The molecule has 110 valence electrons. The first-order chi connectivity index (χ1) is 9.76. The van der Waals surface area contributed by atoms with E-state index in [-0.39, 0.29) is 11.3 Å². The lowest BCUT2D eigenvalue weighted by molar-refractivity contribution is 0.0696. The zero-order chi connectivity index (χ0) is 15.6. The second-order valence-electron chi connectivity index (χ2n) is 4.36. The fraction of sp³-hybridized carbons (Fsp3) is 0.0769. The average Bonchev–Trinajstić information content (AvgIpc) is 2.37. The summed E-state index contributed by atoms with van der Waals surface area (Å²) >= 11 is 0. The third-order valence-electron chi connectivity index (χ3n) is 2.59. The molecule has 8 heteroatoms. The van der Waals surface area contributed by atoms with E-state index in [1.54, 1.807) is 12.1 Å². The summed E-state index contributed by atoms with van der Waals surface area (Å²) in [5.41, 5.74) is 0.173. The molecule has 0 unspecified atom stereocenters. The molecule has 21 heavy (non-hydrogen) atoms. The summed E-state index contributed by atoms with van der Waals surface area (Å²) < 4.78 is 25.8. The number of carbonyl (C=O) groups is 1. The minimum absolute atomic E-state index is 0.0453. The minimum atomic E-state index is -3.44. The SMILES string of the molecule is CS(=O)(=O)Nc1cccc(-n2cc(C(=O)O)ccc2=O)c1. The number of nitrogens with one attached hydrogen (secondary N) is 1. The number of anilines is 1. The maximum Gasteiger partial charge on any atom is 0.337 e. The molecule has 1 heterocycles. The molecular formula is C13H12N2O5S. The standard InChI is InChI=1S/C13H12N2O5S/c1-21(19,20)14-10-3-2-4-11(7-10)15-8-9(13(17)18)5-6-12(15)16/h2-8,14H,1H3,(H,17,18). The highest BCUT2D eigenvalue weighted by atomic mass is 32.2. The van der Waals surface area contributed by atoms with Crippen LogP contribution in [0, 0.1) is 0 Å². The molecule has 0 amide bonds. The number of carboxylic acids is 1. The van der Waals surface area contributed by atoms with Gasteiger partial charge in [-0.3, -0.25) is 14.1 Å². The van der Waals surface area contributed by atoms with Crippen LogP contribution >= 0.6 is 0 Å². The van der Waals surface area contributed by atoms with Crippen molar-refractivity contribution >= 4 is 21.7 Å². The molecule has 2 N–H and O–H groups in total. The molecule has 0 radical (unpaired) electrons. The maximum absolute atomic E-state index is 11.8. The number of pyridine rings is 1. The van der Waals surface area contributed by atoms with Crippen LogP contribution in [0.5, 0.6) is 0 Å². The molecule has 0 aliphatic heterocycles. The minimum Gasteiger partial charge on any atom is -0.478 e. The predicted molar refractivity (Wildman–Crippen MR) is 77.5 cm³/mol. The van der Waals surface area contributed by atoms with E-state index in [0.717, 1.165) is 16.9 Å². The lowest BCUT2D eigenvalue weighted by Crippen LogP contribution is -2.18. The van der Waals surface area contributed by atoms with Gasteiger partial charge in [-0.1, -0.05) is 6.07 Å². The maximum atomic E-state index is 11.8. The molecule has 1 aromatic carbocycles.